The molecule has 1 amide bonds. The van der Waals surface area contributed by atoms with Crippen LogP contribution in [0.15, 0.2) is 42.5 Å². The minimum absolute atomic E-state index is 0.0668. The molecule has 6 nitrogen and oxygen atoms in total. The number of nitrogens with one attached hydrogen (secondary N) is 1. The number of benzene rings is 2. The normalized spacial score (nSPS) is 15.5. The van der Waals surface area contributed by atoms with Crippen molar-refractivity contribution in [2.24, 2.45) is 0 Å². The summed E-state index contributed by atoms with van der Waals surface area (Å²) in [6, 6.07) is 12.3. The Labute approximate surface area is 180 Å². The Hall–Kier alpha value is -2.99. The molecule has 1 aromatic heterocycles. The summed E-state index contributed by atoms with van der Waals surface area (Å²) in [4.78, 5) is 15.0. The molecule has 0 fully saturated rings. The number of carbonyl (C=O) groups excluding carboxylic acids is 1. The summed E-state index contributed by atoms with van der Waals surface area (Å²) in [5.74, 6) is 0.771. The highest BCUT2D eigenvalue weighted by Crippen LogP contribution is 2.45. The maximum absolute atomic E-state index is 13.1. The van der Waals surface area contributed by atoms with Crippen LogP contribution in [0.2, 0.25) is 5.02 Å². The molecule has 1 atom stereocenters. The number of rotatable bonds is 7. The van der Waals surface area contributed by atoms with Crippen LogP contribution >= 0.6 is 11.6 Å². The summed E-state index contributed by atoms with van der Waals surface area (Å²) in [5, 5.41) is 18.2. The lowest BCUT2D eigenvalue weighted by Crippen LogP contribution is -2.30. The second-order valence-corrected chi connectivity index (χ2v) is 7.78. The number of fused-ring (bicyclic) bond motifs is 1. The Morgan fingerprint density at radius 1 is 1.17 bits per heavy atom. The highest BCUT2D eigenvalue weighted by molar-refractivity contribution is 6.31. The fourth-order valence-electron chi connectivity index (χ4n) is 3.88. The van der Waals surface area contributed by atoms with E-state index in [1.165, 1.54) is 6.07 Å². The van der Waals surface area contributed by atoms with Gasteiger partial charge in [0, 0.05) is 22.7 Å². The van der Waals surface area contributed by atoms with Gasteiger partial charge in [0.15, 0.2) is 0 Å². The molecule has 1 unspecified atom stereocenters. The lowest BCUT2D eigenvalue weighted by molar-refractivity contribution is 0.0744. The molecule has 156 valence electrons. The first-order valence-electron chi connectivity index (χ1n) is 10.2. The molecule has 1 aliphatic heterocycles. The Kier molecular flexibility index (Phi) is 5.68. The number of carbonyl (C=O) groups is 1. The minimum atomic E-state index is -0.306. The molecule has 0 saturated heterocycles. The zero-order valence-corrected chi connectivity index (χ0v) is 17.7. The largest absolute Gasteiger partial charge is 0.507 e. The smallest absolute Gasteiger partial charge is 0.273 e. The predicted octanol–water partition coefficient (Wildman–Crippen LogP) is 5.18. The van der Waals surface area contributed by atoms with Gasteiger partial charge in [-0.15, -0.1) is 0 Å². The molecule has 2 aromatic carbocycles. The summed E-state index contributed by atoms with van der Waals surface area (Å²) >= 11 is 6.16. The summed E-state index contributed by atoms with van der Waals surface area (Å²) in [7, 11) is 0. The summed E-state index contributed by atoms with van der Waals surface area (Å²) in [5.41, 5.74) is 3.21. The van der Waals surface area contributed by atoms with E-state index in [0.29, 0.717) is 35.1 Å². The minimum Gasteiger partial charge on any atom is -0.507 e. The van der Waals surface area contributed by atoms with E-state index in [1.54, 1.807) is 12.1 Å². The average Bonchev–Trinajstić information content (AvgIpc) is 3.29. The van der Waals surface area contributed by atoms with Gasteiger partial charge in [0.05, 0.1) is 12.6 Å². The lowest BCUT2D eigenvalue weighted by atomic mass is 9.95. The molecule has 2 heterocycles. The quantitative estimate of drug-likeness (QED) is 0.546. The molecule has 4 rings (SSSR count). The van der Waals surface area contributed by atoms with Crippen LogP contribution in [0.1, 0.15) is 54.3 Å². The van der Waals surface area contributed by atoms with Gasteiger partial charge in [-0.05, 0) is 48.7 Å². The van der Waals surface area contributed by atoms with Gasteiger partial charge in [0.2, 0.25) is 0 Å². The Bertz CT molecular complexity index is 1060. The van der Waals surface area contributed by atoms with Crippen molar-refractivity contribution in [2.45, 2.75) is 32.7 Å². The third-order valence-electron chi connectivity index (χ3n) is 5.21. The van der Waals surface area contributed by atoms with Crippen LogP contribution in [0.5, 0.6) is 11.5 Å². The number of hydrogen-bond donors (Lipinski definition) is 2. The third kappa shape index (κ3) is 3.52. The molecule has 30 heavy (non-hydrogen) atoms. The van der Waals surface area contributed by atoms with Crippen LogP contribution in [-0.4, -0.2) is 39.3 Å². The number of H-pyrrole nitrogens is 1. The number of ether oxygens (including phenoxy) is 1. The number of nitrogens with zero attached hydrogens (tertiary/aromatic N) is 2. The van der Waals surface area contributed by atoms with Crippen molar-refractivity contribution in [3.8, 4) is 22.8 Å². The van der Waals surface area contributed by atoms with Crippen molar-refractivity contribution in [2.75, 3.05) is 13.2 Å². The maximum atomic E-state index is 13.1. The van der Waals surface area contributed by atoms with E-state index in [9.17, 15) is 9.90 Å². The predicted molar refractivity (Wildman–Crippen MR) is 116 cm³/mol. The molecule has 0 spiro atoms. The number of phenolic OH excluding ortho intramolecular Hbond substituents is 1. The van der Waals surface area contributed by atoms with Crippen molar-refractivity contribution in [3.05, 3.63) is 64.3 Å². The third-order valence-corrected chi connectivity index (χ3v) is 5.45. The number of aromatic hydroxyl groups is 1. The van der Waals surface area contributed by atoms with Gasteiger partial charge >= 0.3 is 0 Å². The van der Waals surface area contributed by atoms with Gasteiger partial charge < -0.3 is 14.7 Å². The number of aromatic amines is 1. The highest BCUT2D eigenvalue weighted by Gasteiger charge is 2.42. The second kappa shape index (κ2) is 8.40. The Morgan fingerprint density at radius 3 is 2.63 bits per heavy atom. The first kappa shape index (κ1) is 20.3. The van der Waals surface area contributed by atoms with Crippen molar-refractivity contribution < 1.29 is 14.6 Å². The Morgan fingerprint density at radius 2 is 1.93 bits per heavy atom. The number of phenols is 1. The van der Waals surface area contributed by atoms with E-state index < -0.39 is 0 Å². The number of hydrogen-bond acceptors (Lipinski definition) is 4. The second-order valence-electron chi connectivity index (χ2n) is 7.34. The molecule has 3 aromatic rings. The van der Waals surface area contributed by atoms with Crippen molar-refractivity contribution >= 4 is 17.5 Å². The zero-order valence-electron chi connectivity index (χ0n) is 17.0. The standard InChI is InChI=1S/C23H24ClN3O3/c1-3-11-27-22(14-5-8-16(9-6-14)30-12-4-2)19-20(25-26-21(19)23(27)29)17-13-15(24)7-10-18(17)28/h5-10,13,22,28H,3-4,11-12H2,1-2H3,(H,25,26). The number of amides is 1. The molecule has 1 aliphatic rings. The van der Waals surface area contributed by atoms with Crippen LogP contribution in [0.3, 0.4) is 0 Å². The van der Waals surface area contributed by atoms with Crippen LogP contribution in [-0.2, 0) is 0 Å². The van der Waals surface area contributed by atoms with Crippen LogP contribution in [0.4, 0.5) is 0 Å². The number of halogens is 1. The van der Waals surface area contributed by atoms with Gasteiger partial charge in [-0.25, -0.2) is 0 Å². The number of aromatic nitrogens is 2. The van der Waals surface area contributed by atoms with E-state index in [2.05, 4.69) is 17.1 Å². The van der Waals surface area contributed by atoms with Gasteiger partial charge in [0.25, 0.3) is 5.91 Å². The van der Waals surface area contributed by atoms with E-state index in [-0.39, 0.29) is 17.7 Å². The van der Waals surface area contributed by atoms with Crippen LogP contribution < -0.4 is 4.74 Å². The van der Waals surface area contributed by atoms with Crippen molar-refractivity contribution in [3.63, 3.8) is 0 Å². The fourth-order valence-corrected chi connectivity index (χ4v) is 4.06. The molecule has 0 saturated carbocycles. The molecule has 0 aliphatic carbocycles. The maximum Gasteiger partial charge on any atom is 0.273 e. The SMILES string of the molecule is CCCOc1ccc(C2c3c(-c4cc(Cl)ccc4O)n[nH]c3C(=O)N2CCC)cc1. The van der Waals surface area contributed by atoms with Gasteiger partial charge in [-0.3, -0.25) is 9.89 Å². The molecular formula is C23H24ClN3O3. The van der Waals surface area contributed by atoms with Crippen LogP contribution in [0.25, 0.3) is 11.3 Å². The molecule has 0 radical (unpaired) electrons. The van der Waals surface area contributed by atoms with Crippen molar-refractivity contribution in [1.82, 2.24) is 15.1 Å². The first-order chi connectivity index (χ1) is 14.5. The fraction of sp³-hybridized carbons (Fsp3) is 0.304. The molecule has 0 bridgehead atoms. The molecule has 7 heteroatoms. The Balaban J connectivity index is 1.81. The van der Waals surface area contributed by atoms with Gasteiger partial charge in [-0.2, -0.15) is 5.10 Å². The van der Waals surface area contributed by atoms with E-state index in [1.807, 2.05) is 36.1 Å². The topological polar surface area (TPSA) is 78.5 Å². The van der Waals surface area contributed by atoms with E-state index in [0.717, 1.165) is 29.7 Å². The summed E-state index contributed by atoms with van der Waals surface area (Å²) < 4.78 is 5.70. The zero-order chi connectivity index (χ0) is 21.3. The first-order valence-corrected chi connectivity index (χ1v) is 10.5. The highest BCUT2D eigenvalue weighted by atomic mass is 35.5. The van der Waals surface area contributed by atoms with Gasteiger partial charge in [0.1, 0.15) is 22.9 Å². The summed E-state index contributed by atoms with van der Waals surface area (Å²) in [6.07, 6.45) is 1.77. The van der Waals surface area contributed by atoms with Crippen molar-refractivity contribution in [1.29, 1.82) is 0 Å². The lowest BCUT2D eigenvalue weighted by Gasteiger charge is -2.26. The summed E-state index contributed by atoms with van der Waals surface area (Å²) in [6.45, 7) is 5.38. The van der Waals surface area contributed by atoms with Gasteiger partial charge in [-0.1, -0.05) is 37.6 Å². The van der Waals surface area contributed by atoms with E-state index >= 15 is 0 Å². The van der Waals surface area contributed by atoms with E-state index in [4.69, 9.17) is 16.3 Å². The monoisotopic (exact) mass is 425 g/mol. The molecule has 2 N–H and O–H groups in total. The van der Waals surface area contributed by atoms with Crippen LogP contribution in [0, 0.1) is 0 Å². The molecular weight excluding hydrogens is 402 g/mol. The average molecular weight is 426 g/mol.